The van der Waals surface area contributed by atoms with Crippen molar-refractivity contribution in [3.63, 3.8) is 0 Å². The highest BCUT2D eigenvalue weighted by molar-refractivity contribution is 7.99. The van der Waals surface area contributed by atoms with Crippen molar-refractivity contribution in [2.75, 3.05) is 11.1 Å². The van der Waals surface area contributed by atoms with Crippen LogP contribution in [0.2, 0.25) is 0 Å². The number of rotatable bonds is 7. The van der Waals surface area contributed by atoms with Gasteiger partial charge in [-0.05, 0) is 49.1 Å². The van der Waals surface area contributed by atoms with Gasteiger partial charge in [0, 0.05) is 17.0 Å². The third-order valence-corrected chi connectivity index (χ3v) is 6.64. The summed E-state index contributed by atoms with van der Waals surface area (Å²) in [6, 6.07) is 12.2. The summed E-state index contributed by atoms with van der Waals surface area (Å²) in [7, 11) is 0. The number of H-pyrrole nitrogens is 1. The Morgan fingerprint density at radius 2 is 2.19 bits per heavy atom. The summed E-state index contributed by atoms with van der Waals surface area (Å²) < 4.78 is 15.5. The summed E-state index contributed by atoms with van der Waals surface area (Å²) in [5.41, 5.74) is 2.36. The second-order valence-corrected chi connectivity index (χ2v) is 8.99. The van der Waals surface area contributed by atoms with E-state index in [-0.39, 0.29) is 11.7 Å². The first-order valence-electron chi connectivity index (χ1n) is 9.70. The van der Waals surface area contributed by atoms with Crippen LogP contribution in [-0.2, 0) is 11.2 Å². The quantitative estimate of drug-likeness (QED) is 0.388. The van der Waals surface area contributed by atoms with Gasteiger partial charge in [-0.1, -0.05) is 23.9 Å². The highest BCUT2D eigenvalue weighted by Crippen LogP contribution is 2.30. The third-order valence-electron chi connectivity index (χ3n) is 4.91. The summed E-state index contributed by atoms with van der Waals surface area (Å²) in [5, 5.41) is 22.0. The number of halogens is 1. The van der Waals surface area contributed by atoms with Crippen molar-refractivity contribution in [3.05, 3.63) is 75.1 Å². The van der Waals surface area contributed by atoms with Crippen molar-refractivity contribution in [1.29, 1.82) is 5.26 Å². The third kappa shape index (κ3) is 4.59. The van der Waals surface area contributed by atoms with Crippen LogP contribution < -0.4 is 5.32 Å². The highest BCUT2D eigenvalue weighted by atomic mass is 32.2. The smallest absolute Gasteiger partial charge is 0.236 e. The number of amides is 1. The Kier molecular flexibility index (Phi) is 6.39. The van der Waals surface area contributed by atoms with E-state index >= 15 is 0 Å². The lowest BCUT2D eigenvalue weighted by Gasteiger charge is -2.13. The van der Waals surface area contributed by atoms with Gasteiger partial charge >= 0.3 is 0 Å². The molecule has 4 aromatic rings. The normalized spacial score (nSPS) is 10.8. The molecule has 0 aliphatic carbocycles. The van der Waals surface area contributed by atoms with Gasteiger partial charge in [0.05, 0.1) is 17.0 Å². The summed E-state index contributed by atoms with van der Waals surface area (Å²) >= 11 is 2.84. The Balaban J connectivity index is 1.49. The monoisotopic (exact) mass is 466 g/mol. The van der Waals surface area contributed by atoms with Crippen molar-refractivity contribution in [3.8, 4) is 11.8 Å². The van der Waals surface area contributed by atoms with Gasteiger partial charge in [-0.15, -0.1) is 16.4 Å². The van der Waals surface area contributed by atoms with Crippen LogP contribution >= 0.6 is 23.1 Å². The molecule has 10 heteroatoms. The number of benzene rings is 1. The fourth-order valence-corrected chi connectivity index (χ4v) is 4.62. The average Bonchev–Trinajstić information content (AvgIpc) is 3.49. The van der Waals surface area contributed by atoms with Crippen LogP contribution in [0.4, 0.5) is 10.2 Å². The van der Waals surface area contributed by atoms with Crippen LogP contribution in [0.3, 0.4) is 0 Å². The molecule has 3 aromatic heterocycles. The van der Waals surface area contributed by atoms with Gasteiger partial charge in [-0.3, -0.25) is 14.5 Å². The van der Waals surface area contributed by atoms with E-state index in [0.717, 1.165) is 17.1 Å². The van der Waals surface area contributed by atoms with Crippen molar-refractivity contribution >= 4 is 34.8 Å². The predicted octanol–water partition coefficient (Wildman–Crippen LogP) is 4.61. The van der Waals surface area contributed by atoms with E-state index in [0.29, 0.717) is 28.6 Å². The Morgan fingerprint density at radius 1 is 1.34 bits per heavy atom. The van der Waals surface area contributed by atoms with Crippen molar-refractivity contribution in [1.82, 2.24) is 19.7 Å². The summed E-state index contributed by atoms with van der Waals surface area (Å²) in [5.74, 6) is 0.405. The van der Waals surface area contributed by atoms with Gasteiger partial charge in [0.25, 0.3) is 0 Å². The first kappa shape index (κ1) is 21.8. The number of nitrogens with zero attached hydrogens (tertiary/aromatic N) is 4. The van der Waals surface area contributed by atoms with Gasteiger partial charge in [0.1, 0.15) is 23.5 Å². The zero-order valence-corrected chi connectivity index (χ0v) is 19.0. The van der Waals surface area contributed by atoms with E-state index in [1.165, 1.54) is 28.8 Å². The highest BCUT2D eigenvalue weighted by Gasteiger charge is 2.21. The lowest BCUT2D eigenvalue weighted by atomic mass is 10.2. The van der Waals surface area contributed by atoms with Crippen LogP contribution in [-0.4, -0.2) is 31.4 Å². The molecule has 7 nitrogen and oxygen atoms in total. The maximum absolute atomic E-state index is 13.8. The molecule has 0 atom stereocenters. The number of aromatic nitrogens is 4. The molecule has 0 saturated heterocycles. The lowest BCUT2D eigenvalue weighted by Crippen LogP contribution is -2.18. The minimum absolute atomic E-state index is 0.0631. The van der Waals surface area contributed by atoms with Crippen LogP contribution in [0.25, 0.3) is 5.69 Å². The molecular weight excluding hydrogens is 447 g/mol. The Hall–Kier alpha value is -3.42. The van der Waals surface area contributed by atoms with E-state index in [1.54, 1.807) is 35.0 Å². The number of anilines is 1. The van der Waals surface area contributed by atoms with E-state index < -0.39 is 5.82 Å². The summed E-state index contributed by atoms with van der Waals surface area (Å²) in [6.07, 6.45) is 0.655. The lowest BCUT2D eigenvalue weighted by molar-refractivity contribution is -0.113. The minimum atomic E-state index is -0.400. The second-order valence-electron chi connectivity index (χ2n) is 7.02. The molecule has 0 radical (unpaired) electrons. The number of aromatic amines is 1. The zero-order valence-electron chi connectivity index (χ0n) is 17.3. The number of thiophene rings is 1. The Morgan fingerprint density at radius 3 is 2.91 bits per heavy atom. The molecule has 1 aromatic carbocycles. The largest absolute Gasteiger partial charge is 0.310 e. The fraction of sp³-hybridized carbons (Fsp3) is 0.182. The second kappa shape index (κ2) is 9.38. The van der Waals surface area contributed by atoms with E-state index in [9.17, 15) is 14.4 Å². The molecule has 0 unspecified atom stereocenters. The van der Waals surface area contributed by atoms with Gasteiger partial charge in [-0.2, -0.15) is 5.26 Å². The van der Waals surface area contributed by atoms with Crippen LogP contribution in [0.5, 0.6) is 0 Å². The number of hydrogen-bond acceptors (Lipinski definition) is 6. The van der Waals surface area contributed by atoms with Crippen molar-refractivity contribution in [2.45, 2.75) is 25.4 Å². The molecule has 3 heterocycles. The van der Waals surface area contributed by atoms with Crippen LogP contribution in [0, 0.1) is 31.0 Å². The van der Waals surface area contributed by atoms with E-state index in [4.69, 9.17) is 0 Å². The summed E-state index contributed by atoms with van der Waals surface area (Å²) in [6.45, 7) is 3.63. The van der Waals surface area contributed by atoms with Gasteiger partial charge in [-0.25, -0.2) is 9.37 Å². The predicted molar refractivity (Wildman–Crippen MR) is 123 cm³/mol. The van der Waals surface area contributed by atoms with Gasteiger partial charge in [0.15, 0.2) is 0 Å². The Bertz CT molecular complexity index is 1300. The molecule has 1 amide bonds. The maximum Gasteiger partial charge on any atom is 0.236 e. The van der Waals surface area contributed by atoms with Crippen molar-refractivity contribution in [2.24, 2.45) is 0 Å². The number of thioether (sulfide) groups is 1. The SMILES string of the molecule is Cc1c(C#N)c(NC(=O)CSc2n[nH]c(Cc3cccs3)n2)n(-c2cccc(F)c2)c1C. The Labute approximate surface area is 192 Å². The molecule has 0 aliphatic rings. The molecule has 0 fully saturated rings. The fourth-order valence-electron chi connectivity index (χ4n) is 3.30. The number of nitrogens with one attached hydrogen (secondary N) is 2. The molecule has 0 spiro atoms. The standard InChI is InChI=1S/C22H19FN6OS2/c1-13-14(2)29(16-6-3-5-15(23)9-16)21(18(13)11-24)26-20(30)12-32-22-25-19(27-28-22)10-17-7-4-8-31-17/h3-9H,10,12H2,1-2H3,(H,26,30)(H,25,27,28). The maximum atomic E-state index is 13.8. The molecule has 4 rings (SSSR count). The van der Waals surface area contributed by atoms with E-state index in [1.807, 2.05) is 24.4 Å². The summed E-state index contributed by atoms with van der Waals surface area (Å²) in [4.78, 5) is 18.3. The van der Waals surface area contributed by atoms with Crippen molar-refractivity contribution < 1.29 is 9.18 Å². The first-order valence-corrected chi connectivity index (χ1v) is 11.6. The molecule has 0 aliphatic heterocycles. The van der Waals surface area contributed by atoms with Crippen LogP contribution in [0.1, 0.15) is 27.5 Å². The molecule has 2 N–H and O–H groups in total. The zero-order chi connectivity index (χ0) is 22.7. The van der Waals surface area contributed by atoms with E-state index in [2.05, 4.69) is 26.6 Å². The van der Waals surface area contributed by atoms with Gasteiger partial charge < -0.3 is 5.32 Å². The molecule has 162 valence electrons. The molecule has 32 heavy (non-hydrogen) atoms. The molecule has 0 bridgehead atoms. The average molecular weight is 467 g/mol. The minimum Gasteiger partial charge on any atom is -0.310 e. The number of carbonyl (C=O) groups excluding carboxylic acids is 1. The first-order chi connectivity index (χ1) is 15.5. The molecule has 0 saturated carbocycles. The number of hydrogen-bond donors (Lipinski definition) is 2. The molecular formula is C22H19FN6OS2. The number of nitriles is 1. The van der Waals surface area contributed by atoms with Gasteiger partial charge in [0.2, 0.25) is 11.1 Å². The van der Waals surface area contributed by atoms with Crippen LogP contribution in [0.15, 0.2) is 46.9 Å². The topological polar surface area (TPSA) is 99.4 Å². The number of carbonyl (C=O) groups is 1.